The number of halogens is 1. The van der Waals surface area contributed by atoms with Gasteiger partial charge in [-0.2, -0.15) is 0 Å². The van der Waals surface area contributed by atoms with Gasteiger partial charge in [-0.15, -0.1) is 0 Å². The molecule has 0 saturated carbocycles. The fourth-order valence-corrected chi connectivity index (χ4v) is 4.83. The summed E-state index contributed by atoms with van der Waals surface area (Å²) in [6.07, 6.45) is 13.1. The van der Waals surface area contributed by atoms with E-state index in [0.29, 0.717) is 5.92 Å². The fourth-order valence-electron chi connectivity index (χ4n) is 4.83. The van der Waals surface area contributed by atoms with Crippen LogP contribution in [0.5, 0.6) is 0 Å². The highest BCUT2D eigenvalue weighted by molar-refractivity contribution is 5.74. The summed E-state index contributed by atoms with van der Waals surface area (Å²) in [6.45, 7) is 28.8. The molecule has 0 heterocycles. The van der Waals surface area contributed by atoms with Gasteiger partial charge < -0.3 is 5.32 Å². The SMILES string of the molecule is C/C=C\c1c(CC(C)C)cccc1Nc1cc(C)cc(C)c1.CC.CC(C)CCC=C(CC(C)C)CC(C)C.OF. The average molecular weight is 570 g/mol. The summed E-state index contributed by atoms with van der Waals surface area (Å²) in [5.41, 5.74) is 9.30. The van der Waals surface area contributed by atoms with Crippen LogP contribution in [0.15, 0.2) is 54.1 Å². The van der Waals surface area contributed by atoms with Gasteiger partial charge in [0.1, 0.15) is 0 Å². The molecule has 0 unspecified atom stereocenters. The second-order valence-corrected chi connectivity index (χ2v) is 12.5. The molecule has 0 aliphatic rings. The Balaban J connectivity index is 0. The molecule has 3 heteroatoms. The van der Waals surface area contributed by atoms with E-state index in [1.165, 1.54) is 53.6 Å². The summed E-state index contributed by atoms with van der Waals surface area (Å²) in [4.78, 5) is 0. The van der Waals surface area contributed by atoms with Crippen molar-refractivity contribution < 1.29 is 9.84 Å². The van der Waals surface area contributed by atoms with Gasteiger partial charge >= 0.3 is 0 Å². The normalized spacial score (nSPS) is 10.6. The van der Waals surface area contributed by atoms with E-state index in [1.807, 2.05) is 13.8 Å². The molecule has 2 aromatic rings. The number of hydrogen-bond acceptors (Lipinski definition) is 2. The van der Waals surface area contributed by atoms with Crippen molar-refractivity contribution in [3.05, 3.63) is 76.4 Å². The van der Waals surface area contributed by atoms with Crippen LogP contribution in [0.1, 0.15) is 124 Å². The first-order valence-electron chi connectivity index (χ1n) is 15.9. The largest absolute Gasteiger partial charge is 0.355 e. The number of rotatable bonds is 12. The Labute approximate surface area is 254 Å². The number of aryl methyl sites for hydroxylation is 2. The first-order chi connectivity index (χ1) is 19.4. The summed E-state index contributed by atoms with van der Waals surface area (Å²) < 4.78 is 8.50. The van der Waals surface area contributed by atoms with Gasteiger partial charge in [0.25, 0.3) is 0 Å². The van der Waals surface area contributed by atoms with Crippen molar-refractivity contribution in [1.82, 2.24) is 0 Å². The van der Waals surface area contributed by atoms with E-state index in [9.17, 15) is 0 Å². The van der Waals surface area contributed by atoms with Gasteiger partial charge in [-0.25, -0.2) is 5.31 Å². The minimum absolute atomic E-state index is 0.653. The Hall–Kier alpha value is -2.39. The highest BCUT2D eigenvalue weighted by Gasteiger charge is 2.08. The van der Waals surface area contributed by atoms with Crippen LogP contribution in [0.2, 0.25) is 0 Å². The zero-order valence-electron chi connectivity index (χ0n) is 28.9. The number of anilines is 2. The van der Waals surface area contributed by atoms with E-state index < -0.39 is 0 Å². The quantitative estimate of drug-likeness (QED) is 0.249. The third kappa shape index (κ3) is 20.2. The summed E-state index contributed by atoms with van der Waals surface area (Å²) in [5.74, 6) is 3.09. The Morgan fingerprint density at radius 2 is 1.34 bits per heavy atom. The van der Waals surface area contributed by atoms with Crippen molar-refractivity contribution in [3.63, 3.8) is 0 Å². The van der Waals surface area contributed by atoms with Crippen LogP contribution in [0.4, 0.5) is 15.9 Å². The minimum atomic E-state index is 0.653. The molecule has 0 amide bonds. The van der Waals surface area contributed by atoms with Crippen LogP contribution in [-0.4, -0.2) is 5.31 Å². The second kappa shape index (κ2) is 24.2. The standard InChI is InChI=1S/C21H27N.C15H30.C2H6.FHO/c1-6-8-20-18(11-15(2)3)9-7-10-21(20)22-19-13-16(4)12-17(5)14-19;1-12(2)8-7-9-15(10-13(3)4)11-14(5)6;2*1-2/h6-10,12-15,22H,11H2,1-5H3;9,12-14H,7-8,10-11H2,1-6H3;1-2H3;2H/b8-6-;;;. The number of hydrogen-bond donors (Lipinski definition) is 2. The first-order valence-corrected chi connectivity index (χ1v) is 15.9. The second-order valence-electron chi connectivity index (χ2n) is 12.5. The highest BCUT2D eigenvalue weighted by atomic mass is 19.3. The Bertz CT molecular complexity index is 954. The highest BCUT2D eigenvalue weighted by Crippen LogP contribution is 2.28. The molecule has 0 fully saturated rings. The van der Waals surface area contributed by atoms with Crippen molar-refractivity contribution in [3.8, 4) is 0 Å². The van der Waals surface area contributed by atoms with Crippen LogP contribution >= 0.6 is 0 Å². The van der Waals surface area contributed by atoms with Gasteiger partial charge in [-0.3, -0.25) is 0 Å². The maximum absolute atomic E-state index is 8.50. The molecule has 0 atom stereocenters. The summed E-state index contributed by atoms with van der Waals surface area (Å²) in [7, 11) is 0. The van der Waals surface area contributed by atoms with Crippen LogP contribution < -0.4 is 5.32 Å². The molecule has 0 radical (unpaired) electrons. The molecule has 0 aromatic heterocycles. The van der Waals surface area contributed by atoms with Gasteiger partial charge in [0.15, 0.2) is 0 Å². The lowest BCUT2D eigenvalue weighted by molar-refractivity contribution is -0.0441. The number of allylic oxidation sites excluding steroid dienone is 3. The van der Waals surface area contributed by atoms with Crippen molar-refractivity contribution >= 4 is 17.5 Å². The predicted molar refractivity (Wildman–Crippen MR) is 185 cm³/mol. The van der Waals surface area contributed by atoms with E-state index in [0.717, 1.165) is 29.9 Å². The van der Waals surface area contributed by atoms with Gasteiger partial charge in [0.05, 0.1) is 0 Å². The third-order valence-corrected chi connectivity index (χ3v) is 6.18. The molecule has 0 spiro atoms. The van der Waals surface area contributed by atoms with Crippen LogP contribution in [0, 0.1) is 37.5 Å². The van der Waals surface area contributed by atoms with Crippen molar-refractivity contribution in [2.45, 2.75) is 122 Å². The van der Waals surface area contributed by atoms with Crippen molar-refractivity contribution in [2.75, 3.05) is 5.32 Å². The van der Waals surface area contributed by atoms with E-state index in [1.54, 1.807) is 5.57 Å². The number of nitrogens with one attached hydrogen (secondary N) is 1. The lowest BCUT2D eigenvalue weighted by atomic mass is 9.93. The molecular weight excluding hydrogens is 505 g/mol. The average Bonchev–Trinajstić information content (AvgIpc) is 2.87. The van der Waals surface area contributed by atoms with Gasteiger partial charge in [0, 0.05) is 16.9 Å². The fraction of sp³-hybridized carbons (Fsp3) is 0.579. The van der Waals surface area contributed by atoms with Gasteiger partial charge in [-0.1, -0.05) is 116 Å². The minimum Gasteiger partial charge on any atom is -0.355 e. The van der Waals surface area contributed by atoms with Crippen LogP contribution in [-0.2, 0) is 6.42 Å². The van der Waals surface area contributed by atoms with Gasteiger partial charge in [0.2, 0.25) is 0 Å². The van der Waals surface area contributed by atoms with E-state index in [2.05, 4.69) is 136 Å². The van der Waals surface area contributed by atoms with Crippen LogP contribution in [0.3, 0.4) is 0 Å². The molecule has 2 aromatic carbocycles. The van der Waals surface area contributed by atoms with Crippen molar-refractivity contribution in [1.29, 1.82) is 0 Å². The molecular formula is C38H64FNO. The predicted octanol–water partition coefficient (Wildman–Crippen LogP) is 12.6. The summed E-state index contributed by atoms with van der Waals surface area (Å²) in [5, 5.41) is 9.10. The first kappa shape index (κ1) is 40.7. The Morgan fingerprint density at radius 1 is 0.805 bits per heavy atom. The smallest absolute Gasteiger partial charge is 0.0460 e. The Kier molecular flexibility index (Phi) is 24.1. The zero-order valence-corrected chi connectivity index (χ0v) is 28.9. The lowest BCUT2D eigenvalue weighted by Crippen LogP contribution is -2.01. The van der Waals surface area contributed by atoms with Gasteiger partial charge in [-0.05, 0) is 111 Å². The number of benzene rings is 2. The molecule has 2 N–H and O–H groups in total. The molecule has 2 nitrogen and oxygen atoms in total. The monoisotopic (exact) mass is 569 g/mol. The molecule has 0 aliphatic carbocycles. The van der Waals surface area contributed by atoms with Crippen LogP contribution in [0.25, 0.3) is 6.08 Å². The maximum atomic E-state index is 8.50. The molecule has 0 saturated heterocycles. The summed E-state index contributed by atoms with van der Waals surface area (Å²) in [6, 6.07) is 13.1. The Morgan fingerprint density at radius 3 is 1.78 bits per heavy atom. The third-order valence-electron chi connectivity index (χ3n) is 6.18. The molecule has 234 valence electrons. The van der Waals surface area contributed by atoms with Crippen molar-refractivity contribution in [2.24, 2.45) is 23.7 Å². The lowest BCUT2D eigenvalue weighted by Gasteiger charge is -2.16. The molecule has 0 bridgehead atoms. The molecule has 2 rings (SSSR count). The zero-order chi connectivity index (χ0) is 32.0. The molecule has 0 aliphatic heterocycles. The van der Waals surface area contributed by atoms with E-state index >= 15 is 0 Å². The van der Waals surface area contributed by atoms with E-state index in [4.69, 9.17) is 9.84 Å². The topological polar surface area (TPSA) is 32.3 Å². The van der Waals surface area contributed by atoms with E-state index in [-0.39, 0.29) is 0 Å². The molecule has 41 heavy (non-hydrogen) atoms. The summed E-state index contributed by atoms with van der Waals surface area (Å²) >= 11 is 0. The maximum Gasteiger partial charge on any atom is 0.0460 e.